The van der Waals surface area contributed by atoms with Crippen LogP contribution in [0.4, 0.5) is 0 Å². The third-order valence-electron chi connectivity index (χ3n) is 1.90. The first-order valence-electron chi connectivity index (χ1n) is 4.03. The third kappa shape index (κ3) is 2.46. The van der Waals surface area contributed by atoms with Crippen LogP contribution in [-0.2, 0) is 0 Å². The minimum Gasteiger partial charge on any atom is -0.198 e. The van der Waals surface area contributed by atoms with Gasteiger partial charge in [-0.1, -0.05) is 40.5 Å². The van der Waals surface area contributed by atoms with E-state index in [1.807, 2.05) is 25.1 Å². The Morgan fingerprint density at radius 1 is 1.62 bits per heavy atom. The predicted molar refractivity (Wildman–Crippen MR) is 57.8 cm³/mol. The zero-order chi connectivity index (χ0) is 9.84. The molecule has 1 atom stereocenters. The Morgan fingerprint density at radius 3 is 2.77 bits per heavy atom. The van der Waals surface area contributed by atoms with Crippen molar-refractivity contribution >= 4 is 27.5 Å². The van der Waals surface area contributed by atoms with Crippen LogP contribution in [0.25, 0.3) is 0 Å². The van der Waals surface area contributed by atoms with Crippen LogP contribution in [0.2, 0.25) is 5.02 Å². The number of benzene rings is 1. The van der Waals surface area contributed by atoms with Crippen molar-refractivity contribution in [3.63, 3.8) is 0 Å². The minimum absolute atomic E-state index is 0.0494. The summed E-state index contributed by atoms with van der Waals surface area (Å²) in [6.07, 6.45) is 0.816. The summed E-state index contributed by atoms with van der Waals surface area (Å²) >= 11 is 9.19. The second kappa shape index (κ2) is 4.64. The molecule has 0 heterocycles. The van der Waals surface area contributed by atoms with Crippen molar-refractivity contribution in [2.24, 2.45) is 0 Å². The lowest BCUT2D eigenvalue weighted by atomic mass is 9.98. The number of nitriles is 1. The normalized spacial score (nSPS) is 12.2. The molecule has 1 aromatic rings. The summed E-state index contributed by atoms with van der Waals surface area (Å²) in [6, 6.07) is 7.77. The van der Waals surface area contributed by atoms with E-state index in [0.717, 1.165) is 16.5 Å². The van der Waals surface area contributed by atoms with E-state index in [1.54, 1.807) is 0 Å². The van der Waals surface area contributed by atoms with Crippen molar-refractivity contribution in [2.45, 2.75) is 19.3 Å². The number of nitrogens with zero attached hydrogens (tertiary/aromatic N) is 1. The van der Waals surface area contributed by atoms with E-state index in [4.69, 9.17) is 16.9 Å². The summed E-state index contributed by atoms with van der Waals surface area (Å²) in [7, 11) is 0. The molecular formula is C10H9BrClN. The summed E-state index contributed by atoms with van der Waals surface area (Å²) in [5.74, 6) is -0.0494. The smallest absolute Gasteiger partial charge is 0.0721 e. The second-order valence-corrected chi connectivity index (χ2v) is 4.05. The summed E-state index contributed by atoms with van der Waals surface area (Å²) in [4.78, 5) is 0. The van der Waals surface area contributed by atoms with Crippen molar-refractivity contribution in [1.29, 1.82) is 5.26 Å². The average Bonchev–Trinajstić information content (AvgIpc) is 2.10. The largest absolute Gasteiger partial charge is 0.198 e. The van der Waals surface area contributed by atoms with E-state index in [2.05, 4.69) is 22.0 Å². The standard InChI is InChI=1S/C10H9BrClN/c1-2-7(6-13)9-4-3-8(12)5-10(9)11/h3-5,7H,2H2,1H3. The molecule has 0 aliphatic carbocycles. The SMILES string of the molecule is CCC(C#N)c1ccc(Cl)cc1Br. The molecule has 0 N–H and O–H groups in total. The number of halogens is 2. The molecule has 0 aliphatic heterocycles. The van der Waals surface area contributed by atoms with Gasteiger partial charge >= 0.3 is 0 Å². The molecule has 0 spiro atoms. The van der Waals surface area contributed by atoms with Crippen LogP contribution < -0.4 is 0 Å². The molecule has 0 aromatic heterocycles. The molecule has 1 aromatic carbocycles. The number of hydrogen-bond acceptors (Lipinski definition) is 1. The Hall–Kier alpha value is -0.520. The van der Waals surface area contributed by atoms with Gasteiger partial charge < -0.3 is 0 Å². The van der Waals surface area contributed by atoms with Gasteiger partial charge in [-0.25, -0.2) is 0 Å². The summed E-state index contributed by atoms with van der Waals surface area (Å²) < 4.78 is 0.911. The highest BCUT2D eigenvalue weighted by Crippen LogP contribution is 2.29. The van der Waals surface area contributed by atoms with Gasteiger partial charge in [0.05, 0.1) is 12.0 Å². The van der Waals surface area contributed by atoms with E-state index in [0.29, 0.717) is 5.02 Å². The van der Waals surface area contributed by atoms with Gasteiger partial charge in [0.1, 0.15) is 0 Å². The molecule has 0 radical (unpaired) electrons. The molecular weight excluding hydrogens is 249 g/mol. The fraction of sp³-hybridized carbons (Fsp3) is 0.300. The second-order valence-electron chi connectivity index (χ2n) is 2.76. The Morgan fingerprint density at radius 2 is 2.31 bits per heavy atom. The van der Waals surface area contributed by atoms with Crippen LogP contribution in [0.3, 0.4) is 0 Å². The van der Waals surface area contributed by atoms with Crippen LogP contribution in [0.1, 0.15) is 24.8 Å². The van der Waals surface area contributed by atoms with Gasteiger partial charge in [-0.3, -0.25) is 0 Å². The quantitative estimate of drug-likeness (QED) is 0.783. The molecule has 0 aliphatic rings. The highest BCUT2D eigenvalue weighted by atomic mass is 79.9. The molecule has 13 heavy (non-hydrogen) atoms. The van der Waals surface area contributed by atoms with E-state index >= 15 is 0 Å². The third-order valence-corrected chi connectivity index (χ3v) is 2.82. The fourth-order valence-corrected chi connectivity index (χ4v) is 2.12. The first kappa shape index (κ1) is 10.6. The van der Waals surface area contributed by atoms with Gasteiger partial charge in [0.2, 0.25) is 0 Å². The summed E-state index contributed by atoms with van der Waals surface area (Å²) in [5.41, 5.74) is 1.01. The Kier molecular flexibility index (Phi) is 3.77. The lowest BCUT2D eigenvalue weighted by molar-refractivity contribution is 0.814. The molecule has 0 saturated carbocycles. The van der Waals surface area contributed by atoms with Crippen LogP contribution in [0.5, 0.6) is 0 Å². The van der Waals surface area contributed by atoms with Gasteiger partial charge in [0, 0.05) is 9.50 Å². The van der Waals surface area contributed by atoms with Crippen molar-refractivity contribution in [3.8, 4) is 6.07 Å². The maximum Gasteiger partial charge on any atom is 0.0721 e. The molecule has 1 unspecified atom stereocenters. The van der Waals surface area contributed by atoms with Gasteiger partial charge in [-0.05, 0) is 24.1 Å². The first-order valence-corrected chi connectivity index (χ1v) is 5.20. The molecule has 1 rings (SSSR count). The molecule has 0 fully saturated rings. The predicted octanol–water partition coefficient (Wildman–Crippen LogP) is 4.12. The molecule has 0 saturated heterocycles. The molecule has 0 bridgehead atoms. The zero-order valence-corrected chi connectivity index (χ0v) is 9.56. The van der Waals surface area contributed by atoms with Gasteiger partial charge in [0.15, 0.2) is 0 Å². The van der Waals surface area contributed by atoms with Crippen LogP contribution in [-0.4, -0.2) is 0 Å². The molecule has 0 amide bonds. The maximum absolute atomic E-state index is 8.87. The van der Waals surface area contributed by atoms with E-state index in [1.165, 1.54) is 0 Å². The first-order chi connectivity index (χ1) is 6.19. The number of rotatable bonds is 2. The highest BCUT2D eigenvalue weighted by Gasteiger charge is 2.11. The maximum atomic E-state index is 8.87. The van der Waals surface area contributed by atoms with Gasteiger partial charge in [-0.2, -0.15) is 5.26 Å². The van der Waals surface area contributed by atoms with Gasteiger partial charge in [-0.15, -0.1) is 0 Å². The van der Waals surface area contributed by atoms with Crippen molar-refractivity contribution in [1.82, 2.24) is 0 Å². The lowest BCUT2D eigenvalue weighted by Crippen LogP contribution is -1.94. The van der Waals surface area contributed by atoms with Crippen LogP contribution in [0.15, 0.2) is 22.7 Å². The highest BCUT2D eigenvalue weighted by molar-refractivity contribution is 9.10. The van der Waals surface area contributed by atoms with E-state index in [-0.39, 0.29) is 5.92 Å². The Balaban J connectivity index is 3.09. The van der Waals surface area contributed by atoms with Crippen molar-refractivity contribution in [2.75, 3.05) is 0 Å². The average molecular weight is 259 g/mol. The Bertz CT molecular complexity index is 343. The number of hydrogen-bond donors (Lipinski definition) is 0. The fourth-order valence-electron chi connectivity index (χ4n) is 1.16. The van der Waals surface area contributed by atoms with Crippen molar-refractivity contribution in [3.05, 3.63) is 33.3 Å². The monoisotopic (exact) mass is 257 g/mol. The molecule has 1 nitrogen and oxygen atoms in total. The minimum atomic E-state index is -0.0494. The van der Waals surface area contributed by atoms with Crippen LogP contribution >= 0.6 is 27.5 Å². The Labute approximate surface area is 91.5 Å². The molecule has 3 heteroatoms. The summed E-state index contributed by atoms with van der Waals surface area (Å²) in [5, 5.41) is 9.55. The van der Waals surface area contributed by atoms with E-state index < -0.39 is 0 Å². The lowest BCUT2D eigenvalue weighted by Gasteiger charge is -2.08. The zero-order valence-electron chi connectivity index (χ0n) is 7.22. The van der Waals surface area contributed by atoms with Crippen molar-refractivity contribution < 1.29 is 0 Å². The van der Waals surface area contributed by atoms with Gasteiger partial charge in [0.25, 0.3) is 0 Å². The van der Waals surface area contributed by atoms with Crippen LogP contribution in [0, 0.1) is 11.3 Å². The van der Waals surface area contributed by atoms with E-state index in [9.17, 15) is 0 Å². The topological polar surface area (TPSA) is 23.8 Å². The molecule has 68 valence electrons. The summed E-state index contributed by atoms with van der Waals surface area (Å²) in [6.45, 7) is 1.99.